The maximum Gasteiger partial charge on any atom is 0.330 e. The van der Waals surface area contributed by atoms with Gasteiger partial charge in [0.2, 0.25) is 0 Å². The van der Waals surface area contributed by atoms with Gasteiger partial charge >= 0.3 is 5.97 Å². The molecule has 3 heteroatoms. The highest BCUT2D eigenvalue weighted by Gasteiger charge is 1.90. The Kier molecular flexibility index (Phi) is 5.71. The number of hydrogen-bond donors (Lipinski definition) is 1. The van der Waals surface area contributed by atoms with E-state index in [1.54, 1.807) is 0 Å². The van der Waals surface area contributed by atoms with E-state index in [2.05, 4.69) is 34.8 Å². The van der Waals surface area contributed by atoms with Gasteiger partial charge in [-0.1, -0.05) is 6.58 Å². The van der Waals surface area contributed by atoms with Crippen molar-refractivity contribution in [3.05, 3.63) is 12.2 Å². The quantitative estimate of drug-likeness (QED) is 0.458. The molecule has 0 fully saturated rings. The minimum Gasteiger partial charge on any atom is -0.478 e. The summed E-state index contributed by atoms with van der Waals surface area (Å²) < 4.78 is 1.00. The SMILES string of the molecule is C=C(C)C(=O)O.C[N+](C)(C)C. The lowest BCUT2D eigenvalue weighted by Crippen LogP contribution is -2.27. The van der Waals surface area contributed by atoms with Gasteiger partial charge in [0.1, 0.15) is 0 Å². The van der Waals surface area contributed by atoms with Crippen molar-refractivity contribution in [3.63, 3.8) is 0 Å². The monoisotopic (exact) mass is 160 g/mol. The summed E-state index contributed by atoms with van der Waals surface area (Å²) in [6.07, 6.45) is 0. The lowest BCUT2D eigenvalue weighted by Gasteiger charge is -2.14. The van der Waals surface area contributed by atoms with E-state index in [0.717, 1.165) is 4.48 Å². The molecule has 0 spiro atoms. The van der Waals surface area contributed by atoms with E-state index in [-0.39, 0.29) is 5.57 Å². The average Bonchev–Trinajstić information content (AvgIpc) is 1.59. The van der Waals surface area contributed by atoms with Crippen LogP contribution in [0, 0.1) is 0 Å². The molecule has 0 unspecified atom stereocenters. The van der Waals surface area contributed by atoms with Gasteiger partial charge in [0.05, 0.1) is 28.2 Å². The van der Waals surface area contributed by atoms with Gasteiger partial charge in [0.25, 0.3) is 0 Å². The van der Waals surface area contributed by atoms with Gasteiger partial charge in [0, 0.05) is 5.57 Å². The Bertz CT molecular complexity index is 127. The molecule has 0 saturated heterocycles. The summed E-state index contributed by atoms with van der Waals surface area (Å²) in [5.74, 6) is -0.935. The maximum absolute atomic E-state index is 9.60. The normalized spacial score (nSPS) is 9.55. The van der Waals surface area contributed by atoms with Gasteiger partial charge in [-0.2, -0.15) is 0 Å². The second-order valence-corrected chi connectivity index (χ2v) is 3.77. The van der Waals surface area contributed by atoms with Crippen LogP contribution in [0.1, 0.15) is 6.92 Å². The molecule has 0 aliphatic heterocycles. The summed E-state index contributed by atoms with van der Waals surface area (Å²) in [5.41, 5.74) is 0.176. The molecule has 0 saturated carbocycles. The van der Waals surface area contributed by atoms with E-state index in [0.29, 0.717) is 0 Å². The Balaban J connectivity index is 0. The first-order chi connectivity index (χ1) is 4.64. The Morgan fingerprint density at radius 2 is 1.36 bits per heavy atom. The summed E-state index contributed by atoms with van der Waals surface area (Å²) in [6, 6.07) is 0. The van der Waals surface area contributed by atoms with Crippen molar-refractivity contribution in [2.75, 3.05) is 28.2 Å². The van der Waals surface area contributed by atoms with Gasteiger partial charge in [-0.05, 0) is 6.92 Å². The third-order valence-corrected chi connectivity index (χ3v) is 0.365. The summed E-state index contributed by atoms with van der Waals surface area (Å²) >= 11 is 0. The molecule has 0 heterocycles. The van der Waals surface area contributed by atoms with Crippen LogP contribution in [0.4, 0.5) is 0 Å². The largest absolute Gasteiger partial charge is 0.478 e. The van der Waals surface area contributed by atoms with Crippen LogP contribution < -0.4 is 0 Å². The van der Waals surface area contributed by atoms with Crippen molar-refractivity contribution in [3.8, 4) is 0 Å². The first-order valence-corrected chi connectivity index (χ1v) is 3.32. The van der Waals surface area contributed by atoms with Crippen LogP contribution in [0.15, 0.2) is 12.2 Å². The van der Waals surface area contributed by atoms with E-state index in [1.807, 2.05) is 0 Å². The smallest absolute Gasteiger partial charge is 0.330 e. The first-order valence-electron chi connectivity index (χ1n) is 3.32. The fourth-order valence-corrected chi connectivity index (χ4v) is 0. The zero-order valence-electron chi connectivity index (χ0n) is 8.01. The number of aliphatic carboxylic acids is 1. The topological polar surface area (TPSA) is 37.3 Å². The molecule has 0 aromatic rings. The van der Waals surface area contributed by atoms with Crippen LogP contribution in [-0.4, -0.2) is 43.7 Å². The fraction of sp³-hybridized carbons (Fsp3) is 0.625. The molecule has 66 valence electrons. The summed E-state index contributed by atoms with van der Waals surface area (Å²) in [6.45, 7) is 4.60. The molecule has 0 aliphatic carbocycles. The Labute approximate surface area is 68.5 Å². The van der Waals surface area contributed by atoms with Crippen molar-refractivity contribution >= 4 is 5.97 Å². The molecule has 0 rings (SSSR count). The lowest BCUT2D eigenvalue weighted by molar-refractivity contribution is -0.849. The fourth-order valence-electron chi connectivity index (χ4n) is 0. The van der Waals surface area contributed by atoms with E-state index in [9.17, 15) is 4.79 Å². The van der Waals surface area contributed by atoms with E-state index in [4.69, 9.17) is 5.11 Å². The standard InChI is InChI=1S/C4H12N.C4H6O2/c1-5(2,3)4;1-3(2)4(5)6/h1-4H3;1H2,2H3,(H,5,6)/q+1;. The lowest BCUT2D eigenvalue weighted by atomic mass is 10.4. The van der Waals surface area contributed by atoms with Crippen LogP contribution in [-0.2, 0) is 4.79 Å². The summed E-state index contributed by atoms with van der Waals surface area (Å²) in [5, 5.41) is 7.89. The Hall–Kier alpha value is -0.830. The molecule has 1 N–H and O–H groups in total. The molecule has 3 nitrogen and oxygen atoms in total. The van der Waals surface area contributed by atoms with Crippen molar-refractivity contribution in [2.24, 2.45) is 0 Å². The van der Waals surface area contributed by atoms with Gasteiger partial charge < -0.3 is 9.59 Å². The van der Waals surface area contributed by atoms with Crippen LogP contribution in [0.2, 0.25) is 0 Å². The Morgan fingerprint density at radius 1 is 1.27 bits per heavy atom. The minimum absolute atomic E-state index is 0.176. The van der Waals surface area contributed by atoms with Gasteiger partial charge in [-0.3, -0.25) is 0 Å². The number of hydrogen-bond acceptors (Lipinski definition) is 1. The average molecular weight is 160 g/mol. The number of nitrogens with zero attached hydrogens (tertiary/aromatic N) is 1. The molecule has 0 aliphatic rings. The maximum atomic E-state index is 9.60. The summed E-state index contributed by atoms with van der Waals surface area (Å²) in [4.78, 5) is 9.60. The van der Waals surface area contributed by atoms with Crippen molar-refractivity contribution < 1.29 is 14.4 Å². The van der Waals surface area contributed by atoms with E-state index < -0.39 is 5.97 Å². The van der Waals surface area contributed by atoms with Gasteiger partial charge in [-0.25, -0.2) is 4.79 Å². The minimum atomic E-state index is -0.935. The second kappa shape index (κ2) is 4.91. The van der Waals surface area contributed by atoms with Crippen molar-refractivity contribution in [2.45, 2.75) is 6.92 Å². The van der Waals surface area contributed by atoms with Crippen molar-refractivity contribution in [1.82, 2.24) is 0 Å². The van der Waals surface area contributed by atoms with Crippen LogP contribution in [0.3, 0.4) is 0 Å². The van der Waals surface area contributed by atoms with Crippen molar-refractivity contribution in [1.29, 1.82) is 0 Å². The molecule has 0 atom stereocenters. The highest BCUT2D eigenvalue weighted by molar-refractivity contribution is 5.84. The molecule has 0 aromatic carbocycles. The number of quaternary nitrogens is 1. The molecular formula is C8H18NO2+. The number of carboxylic acids is 1. The van der Waals surface area contributed by atoms with Crippen LogP contribution in [0.25, 0.3) is 0 Å². The number of rotatable bonds is 1. The molecule has 0 aromatic heterocycles. The zero-order valence-corrected chi connectivity index (χ0v) is 8.01. The third-order valence-electron chi connectivity index (χ3n) is 0.365. The van der Waals surface area contributed by atoms with Crippen LogP contribution in [0.5, 0.6) is 0 Å². The molecule has 0 radical (unpaired) electrons. The number of carbonyl (C=O) groups is 1. The molecule has 0 amide bonds. The van der Waals surface area contributed by atoms with Gasteiger partial charge in [-0.15, -0.1) is 0 Å². The molecular weight excluding hydrogens is 142 g/mol. The third kappa shape index (κ3) is 46.9. The predicted octanol–water partition coefficient (Wildman–Crippen LogP) is 0.970. The predicted molar refractivity (Wildman–Crippen MR) is 46.4 cm³/mol. The zero-order chi connectivity index (χ0) is 9.65. The van der Waals surface area contributed by atoms with E-state index in [1.165, 1.54) is 6.92 Å². The summed E-state index contributed by atoms with van der Waals surface area (Å²) in [7, 11) is 8.50. The first kappa shape index (κ1) is 12.8. The highest BCUT2D eigenvalue weighted by atomic mass is 16.4. The number of carboxylic acid groups (broad SMARTS) is 1. The molecule has 0 bridgehead atoms. The highest BCUT2D eigenvalue weighted by Crippen LogP contribution is 1.81. The van der Waals surface area contributed by atoms with E-state index >= 15 is 0 Å². The Morgan fingerprint density at radius 3 is 1.36 bits per heavy atom. The van der Waals surface area contributed by atoms with Crippen LogP contribution >= 0.6 is 0 Å². The molecule has 11 heavy (non-hydrogen) atoms. The second-order valence-electron chi connectivity index (χ2n) is 3.77. The van der Waals surface area contributed by atoms with Gasteiger partial charge in [0.15, 0.2) is 0 Å².